The van der Waals surface area contributed by atoms with Gasteiger partial charge in [0.2, 0.25) is 0 Å². The lowest BCUT2D eigenvalue weighted by molar-refractivity contribution is -0.143. The van der Waals surface area contributed by atoms with Crippen molar-refractivity contribution in [3.8, 4) is 0 Å². The summed E-state index contributed by atoms with van der Waals surface area (Å²) in [6.07, 6.45) is 5.60. The number of carbonyl (C=O) groups is 1. The minimum atomic E-state index is -0.0893. The van der Waals surface area contributed by atoms with Crippen LogP contribution >= 0.6 is 11.6 Å². The molecule has 1 heterocycles. The average molecular weight is 294 g/mol. The highest BCUT2D eigenvalue weighted by Gasteiger charge is 2.03. The maximum absolute atomic E-state index is 11.2. The molecule has 2 rings (SSSR count). The second kappa shape index (κ2) is 7.34. The van der Waals surface area contributed by atoms with Gasteiger partial charge in [0, 0.05) is 35.1 Å². The molecule has 4 heteroatoms. The molecule has 0 aliphatic carbocycles. The van der Waals surface area contributed by atoms with Crippen LogP contribution in [0.5, 0.6) is 0 Å². The molecule has 108 valence electrons. The van der Waals surface area contributed by atoms with Crippen molar-refractivity contribution in [3.63, 3.8) is 0 Å². The third kappa shape index (κ3) is 4.01. The number of fused-ring (bicyclic) bond motifs is 1. The summed E-state index contributed by atoms with van der Waals surface area (Å²) in [5.74, 6) is -0.0893. The van der Waals surface area contributed by atoms with E-state index in [0.29, 0.717) is 13.0 Å². The van der Waals surface area contributed by atoms with E-state index in [-0.39, 0.29) is 5.97 Å². The average Bonchev–Trinajstić information content (AvgIpc) is 2.81. The van der Waals surface area contributed by atoms with Gasteiger partial charge in [-0.2, -0.15) is 0 Å². The molecule has 0 saturated heterocycles. The van der Waals surface area contributed by atoms with E-state index in [1.54, 1.807) is 0 Å². The van der Waals surface area contributed by atoms with Crippen molar-refractivity contribution in [1.82, 2.24) is 4.57 Å². The Bertz CT molecular complexity index is 577. The first-order valence-electron chi connectivity index (χ1n) is 7.10. The van der Waals surface area contributed by atoms with E-state index in [4.69, 9.17) is 16.3 Å². The minimum absolute atomic E-state index is 0.0893. The van der Waals surface area contributed by atoms with E-state index in [9.17, 15) is 4.79 Å². The number of carbonyl (C=O) groups excluding carboxylic acids is 1. The number of halogens is 1. The summed E-state index contributed by atoms with van der Waals surface area (Å²) in [6.45, 7) is 3.27. The zero-order valence-electron chi connectivity index (χ0n) is 11.8. The lowest BCUT2D eigenvalue weighted by Gasteiger charge is -2.06. The van der Waals surface area contributed by atoms with Crippen molar-refractivity contribution in [3.05, 3.63) is 35.5 Å². The number of hydrogen-bond donors (Lipinski definition) is 0. The number of ether oxygens (including phenoxy) is 1. The van der Waals surface area contributed by atoms with Crippen molar-refractivity contribution < 1.29 is 9.53 Å². The van der Waals surface area contributed by atoms with Crippen LogP contribution < -0.4 is 0 Å². The molecule has 0 bridgehead atoms. The molecule has 20 heavy (non-hydrogen) atoms. The molecule has 0 unspecified atom stereocenters. The van der Waals surface area contributed by atoms with Gasteiger partial charge < -0.3 is 9.30 Å². The Morgan fingerprint density at radius 1 is 1.25 bits per heavy atom. The number of hydrogen-bond acceptors (Lipinski definition) is 2. The van der Waals surface area contributed by atoms with Gasteiger partial charge >= 0.3 is 5.97 Å². The molecule has 1 aromatic heterocycles. The van der Waals surface area contributed by atoms with E-state index in [1.807, 2.05) is 19.1 Å². The molecular weight excluding hydrogens is 274 g/mol. The molecule has 0 fully saturated rings. The van der Waals surface area contributed by atoms with Crippen LogP contribution in [0.15, 0.2) is 30.5 Å². The van der Waals surface area contributed by atoms with E-state index >= 15 is 0 Å². The second-order valence-corrected chi connectivity index (χ2v) is 5.26. The molecule has 0 aliphatic rings. The largest absolute Gasteiger partial charge is 0.466 e. The van der Waals surface area contributed by atoms with Crippen LogP contribution in [0.2, 0.25) is 5.02 Å². The smallest absolute Gasteiger partial charge is 0.305 e. The summed E-state index contributed by atoms with van der Waals surface area (Å²) in [6, 6.07) is 8.03. The maximum atomic E-state index is 11.2. The number of rotatable bonds is 7. The van der Waals surface area contributed by atoms with Gasteiger partial charge in [0.25, 0.3) is 0 Å². The molecule has 0 spiro atoms. The number of esters is 1. The van der Waals surface area contributed by atoms with Gasteiger partial charge in [0.1, 0.15) is 0 Å². The molecule has 0 saturated carbocycles. The fourth-order valence-corrected chi connectivity index (χ4v) is 2.51. The normalized spacial score (nSPS) is 10.9. The van der Waals surface area contributed by atoms with Crippen molar-refractivity contribution in [2.45, 2.75) is 39.2 Å². The highest BCUT2D eigenvalue weighted by atomic mass is 35.5. The molecule has 0 amide bonds. The number of nitrogens with zero attached hydrogens (tertiary/aromatic N) is 1. The lowest BCUT2D eigenvalue weighted by Crippen LogP contribution is -2.03. The molecule has 0 radical (unpaired) electrons. The zero-order chi connectivity index (χ0) is 14.4. The van der Waals surface area contributed by atoms with Crippen LogP contribution in [-0.4, -0.2) is 17.1 Å². The van der Waals surface area contributed by atoms with Gasteiger partial charge in [-0.15, -0.1) is 0 Å². The standard InChI is InChI=1S/C16H20ClNO2/c1-2-20-16(19)6-4-3-5-10-18-11-9-13-12-14(17)7-8-15(13)18/h7-9,11-12H,2-6,10H2,1H3. The van der Waals surface area contributed by atoms with Crippen LogP contribution in [0.3, 0.4) is 0 Å². The van der Waals surface area contributed by atoms with Crippen molar-refractivity contribution >= 4 is 28.5 Å². The van der Waals surface area contributed by atoms with Gasteiger partial charge in [0.05, 0.1) is 6.61 Å². The van der Waals surface area contributed by atoms with E-state index < -0.39 is 0 Å². The molecule has 0 N–H and O–H groups in total. The first kappa shape index (κ1) is 14.9. The Hall–Kier alpha value is -1.48. The summed E-state index contributed by atoms with van der Waals surface area (Å²) in [5.41, 5.74) is 1.21. The lowest BCUT2D eigenvalue weighted by atomic mass is 10.2. The predicted octanol–water partition coefficient (Wildman–Crippen LogP) is 4.42. The van der Waals surface area contributed by atoms with Crippen LogP contribution in [0.4, 0.5) is 0 Å². The summed E-state index contributed by atoms with van der Waals surface area (Å²) in [4.78, 5) is 11.2. The van der Waals surface area contributed by atoms with Gasteiger partial charge in [-0.05, 0) is 44.0 Å². The molecule has 2 aromatic rings. The fourth-order valence-electron chi connectivity index (χ4n) is 2.33. The van der Waals surface area contributed by atoms with E-state index in [0.717, 1.165) is 30.8 Å². The second-order valence-electron chi connectivity index (χ2n) is 4.83. The van der Waals surface area contributed by atoms with Crippen LogP contribution in [0, 0.1) is 0 Å². The van der Waals surface area contributed by atoms with Gasteiger partial charge in [-0.1, -0.05) is 18.0 Å². The zero-order valence-corrected chi connectivity index (χ0v) is 12.5. The number of benzene rings is 1. The first-order valence-corrected chi connectivity index (χ1v) is 7.48. The Kier molecular flexibility index (Phi) is 5.48. The van der Waals surface area contributed by atoms with Gasteiger partial charge in [0.15, 0.2) is 0 Å². The number of aryl methyl sites for hydroxylation is 1. The fraction of sp³-hybridized carbons (Fsp3) is 0.438. The molecule has 3 nitrogen and oxygen atoms in total. The quantitative estimate of drug-likeness (QED) is 0.559. The topological polar surface area (TPSA) is 31.2 Å². The van der Waals surface area contributed by atoms with Crippen molar-refractivity contribution in [2.75, 3.05) is 6.61 Å². The molecule has 0 atom stereocenters. The van der Waals surface area contributed by atoms with Crippen LogP contribution in [-0.2, 0) is 16.1 Å². The summed E-state index contributed by atoms with van der Waals surface area (Å²) in [5, 5.41) is 1.94. The Morgan fingerprint density at radius 3 is 2.90 bits per heavy atom. The SMILES string of the molecule is CCOC(=O)CCCCCn1ccc2cc(Cl)ccc21. The van der Waals surface area contributed by atoms with E-state index in [1.165, 1.54) is 10.9 Å². The molecule has 0 aliphatic heterocycles. The van der Waals surface area contributed by atoms with Crippen molar-refractivity contribution in [2.24, 2.45) is 0 Å². The Labute approximate surface area is 124 Å². The predicted molar refractivity (Wildman–Crippen MR) is 82.0 cm³/mol. The van der Waals surface area contributed by atoms with Crippen LogP contribution in [0.1, 0.15) is 32.6 Å². The highest BCUT2D eigenvalue weighted by Crippen LogP contribution is 2.21. The Morgan fingerprint density at radius 2 is 2.10 bits per heavy atom. The maximum Gasteiger partial charge on any atom is 0.305 e. The molecule has 1 aromatic carbocycles. The van der Waals surface area contributed by atoms with Crippen molar-refractivity contribution in [1.29, 1.82) is 0 Å². The third-order valence-corrected chi connectivity index (χ3v) is 3.55. The monoisotopic (exact) mass is 293 g/mol. The third-order valence-electron chi connectivity index (χ3n) is 3.32. The highest BCUT2D eigenvalue weighted by molar-refractivity contribution is 6.31. The number of aromatic nitrogens is 1. The Balaban J connectivity index is 1.77. The van der Waals surface area contributed by atoms with E-state index in [2.05, 4.69) is 22.9 Å². The number of unbranched alkanes of at least 4 members (excludes halogenated alkanes) is 2. The molecular formula is C16H20ClNO2. The van der Waals surface area contributed by atoms with Crippen LogP contribution in [0.25, 0.3) is 10.9 Å². The minimum Gasteiger partial charge on any atom is -0.466 e. The van der Waals surface area contributed by atoms with Gasteiger partial charge in [-0.3, -0.25) is 4.79 Å². The van der Waals surface area contributed by atoms with Gasteiger partial charge in [-0.25, -0.2) is 0 Å². The summed E-state index contributed by atoms with van der Waals surface area (Å²) >= 11 is 5.98. The summed E-state index contributed by atoms with van der Waals surface area (Å²) < 4.78 is 7.14. The first-order chi connectivity index (χ1) is 9.70. The summed E-state index contributed by atoms with van der Waals surface area (Å²) in [7, 11) is 0.